The number of aromatic nitrogens is 1. The number of hydrogen-bond donors (Lipinski definition) is 1. The summed E-state index contributed by atoms with van der Waals surface area (Å²) >= 11 is 0. The van der Waals surface area contributed by atoms with E-state index in [1.807, 2.05) is 0 Å². The van der Waals surface area contributed by atoms with Crippen LogP contribution in [-0.2, 0) is 15.8 Å². The number of pyridine rings is 1. The molecule has 0 radical (unpaired) electrons. The average molecular weight is 279 g/mol. The van der Waals surface area contributed by atoms with Gasteiger partial charge in [0.15, 0.2) is 15.5 Å². The van der Waals surface area contributed by atoms with Crippen LogP contribution in [0.25, 0.3) is 0 Å². The van der Waals surface area contributed by atoms with Crippen molar-refractivity contribution in [1.82, 2.24) is 4.98 Å². The van der Waals surface area contributed by atoms with E-state index >= 15 is 0 Å². The Balaban J connectivity index is 3.59. The van der Waals surface area contributed by atoms with Gasteiger partial charge in [0.25, 0.3) is 5.92 Å². The third-order valence-corrected chi connectivity index (χ3v) is 4.02. The molecule has 5 nitrogen and oxygen atoms in total. The van der Waals surface area contributed by atoms with Gasteiger partial charge in [-0.15, -0.1) is 0 Å². The monoisotopic (exact) mass is 279 g/mol. The molecule has 1 aromatic heterocycles. The van der Waals surface area contributed by atoms with Crippen LogP contribution >= 0.6 is 0 Å². The van der Waals surface area contributed by atoms with E-state index in [4.69, 9.17) is 5.11 Å². The molecule has 0 saturated carbocycles. The van der Waals surface area contributed by atoms with Gasteiger partial charge in [0, 0.05) is 18.7 Å². The zero-order valence-corrected chi connectivity index (χ0v) is 10.5. The summed E-state index contributed by atoms with van der Waals surface area (Å²) < 4.78 is 49.5. The maximum Gasteiger partial charge on any atom is 0.355 e. The molecule has 18 heavy (non-hydrogen) atoms. The van der Waals surface area contributed by atoms with Gasteiger partial charge in [-0.3, -0.25) is 0 Å². The molecule has 0 aliphatic rings. The van der Waals surface area contributed by atoms with Crippen molar-refractivity contribution in [2.75, 3.05) is 5.75 Å². The normalized spacial score (nSPS) is 12.4. The van der Waals surface area contributed by atoms with E-state index in [0.29, 0.717) is 19.2 Å². The van der Waals surface area contributed by atoms with Gasteiger partial charge < -0.3 is 5.11 Å². The Morgan fingerprint density at radius 3 is 2.44 bits per heavy atom. The van der Waals surface area contributed by atoms with E-state index in [1.54, 1.807) is 0 Å². The van der Waals surface area contributed by atoms with E-state index in [-0.39, 0.29) is 0 Å². The van der Waals surface area contributed by atoms with E-state index in [0.717, 1.165) is 0 Å². The summed E-state index contributed by atoms with van der Waals surface area (Å²) in [4.78, 5) is 13.4. The zero-order chi connectivity index (χ0) is 14.1. The van der Waals surface area contributed by atoms with Gasteiger partial charge in [0.1, 0.15) is 4.90 Å². The van der Waals surface area contributed by atoms with Crippen molar-refractivity contribution in [2.24, 2.45) is 0 Å². The van der Waals surface area contributed by atoms with Crippen molar-refractivity contribution in [3.05, 3.63) is 23.5 Å². The van der Waals surface area contributed by atoms with Gasteiger partial charge in [-0.05, 0) is 6.07 Å². The third-order valence-electron chi connectivity index (χ3n) is 2.28. The number of carboxylic acid groups (broad SMARTS) is 1. The van der Waals surface area contributed by atoms with Crippen LogP contribution in [0.1, 0.15) is 29.9 Å². The minimum Gasteiger partial charge on any atom is -0.476 e. The van der Waals surface area contributed by atoms with Crippen LogP contribution < -0.4 is 0 Å². The summed E-state index contributed by atoms with van der Waals surface area (Å²) in [5, 5.41) is 8.80. The standard InChI is InChI=1S/C10H11F2NO4S/c1-3-18(16,17)7-4-6(10(2,11)12)5-13-8(7)9(14)15/h4-5H,3H2,1-2H3,(H,14,15). The molecule has 100 valence electrons. The van der Waals surface area contributed by atoms with Crippen molar-refractivity contribution in [3.63, 3.8) is 0 Å². The van der Waals surface area contributed by atoms with Crippen molar-refractivity contribution in [2.45, 2.75) is 24.7 Å². The number of halogens is 2. The van der Waals surface area contributed by atoms with Gasteiger partial charge >= 0.3 is 5.97 Å². The number of hydrogen-bond acceptors (Lipinski definition) is 4. The largest absolute Gasteiger partial charge is 0.476 e. The van der Waals surface area contributed by atoms with E-state index in [9.17, 15) is 22.0 Å². The summed E-state index contributed by atoms with van der Waals surface area (Å²) in [6, 6.07) is 0.662. The number of alkyl halides is 2. The Morgan fingerprint density at radius 1 is 1.50 bits per heavy atom. The lowest BCUT2D eigenvalue weighted by Gasteiger charge is -2.12. The van der Waals surface area contributed by atoms with Crippen molar-refractivity contribution in [3.8, 4) is 0 Å². The molecule has 0 amide bonds. The molecule has 0 spiro atoms. The topological polar surface area (TPSA) is 84.3 Å². The molecular formula is C10H11F2NO4S. The molecule has 0 aromatic carbocycles. The van der Waals surface area contributed by atoms with Gasteiger partial charge in [-0.25, -0.2) is 27.0 Å². The molecule has 1 heterocycles. The molecule has 1 aromatic rings. The number of carboxylic acids is 1. The average Bonchev–Trinajstić information content (AvgIpc) is 2.27. The second-order valence-electron chi connectivity index (χ2n) is 3.67. The van der Waals surface area contributed by atoms with E-state index < -0.39 is 43.6 Å². The highest BCUT2D eigenvalue weighted by atomic mass is 32.2. The molecule has 0 aliphatic carbocycles. The van der Waals surface area contributed by atoms with Crippen LogP contribution in [0.15, 0.2) is 17.2 Å². The lowest BCUT2D eigenvalue weighted by molar-refractivity contribution is 0.0167. The first kappa shape index (κ1) is 14.5. The second kappa shape index (κ2) is 4.60. The lowest BCUT2D eigenvalue weighted by Crippen LogP contribution is -2.16. The molecule has 0 atom stereocenters. The highest BCUT2D eigenvalue weighted by Gasteiger charge is 2.30. The molecule has 0 saturated heterocycles. The molecule has 0 fully saturated rings. The molecule has 0 unspecified atom stereocenters. The van der Waals surface area contributed by atoms with Gasteiger partial charge in [0.2, 0.25) is 0 Å². The minimum absolute atomic E-state index is 0.395. The quantitative estimate of drug-likeness (QED) is 0.906. The number of rotatable bonds is 4. The lowest BCUT2D eigenvalue weighted by atomic mass is 10.1. The van der Waals surface area contributed by atoms with Crippen molar-refractivity contribution >= 4 is 15.8 Å². The smallest absolute Gasteiger partial charge is 0.355 e. The predicted molar refractivity (Wildman–Crippen MR) is 58.5 cm³/mol. The van der Waals surface area contributed by atoms with Crippen molar-refractivity contribution < 1.29 is 27.1 Å². The Morgan fingerprint density at radius 2 is 2.06 bits per heavy atom. The first-order chi connectivity index (χ1) is 8.09. The summed E-state index contributed by atoms with van der Waals surface area (Å²) in [6.07, 6.45) is 0.665. The van der Waals surface area contributed by atoms with Crippen LogP contribution in [0.4, 0.5) is 8.78 Å². The Hall–Kier alpha value is -1.57. The number of aromatic carboxylic acids is 1. The fourth-order valence-corrected chi connectivity index (χ4v) is 2.29. The fourth-order valence-electron chi connectivity index (χ4n) is 1.24. The molecule has 8 heteroatoms. The van der Waals surface area contributed by atoms with Crippen LogP contribution in [0.3, 0.4) is 0 Å². The maximum absolute atomic E-state index is 13.1. The Labute approximate surface area is 102 Å². The van der Waals surface area contributed by atoms with Crippen molar-refractivity contribution in [1.29, 1.82) is 0 Å². The molecule has 1 rings (SSSR count). The molecule has 1 N–H and O–H groups in total. The van der Waals surface area contributed by atoms with Gasteiger partial charge in [0.05, 0.1) is 5.75 Å². The number of sulfone groups is 1. The van der Waals surface area contributed by atoms with Crippen LogP contribution in [-0.4, -0.2) is 30.2 Å². The summed E-state index contributed by atoms with van der Waals surface area (Å²) in [5.41, 5.74) is -1.38. The molecular weight excluding hydrogens is 268 g/mol. The Kier molecular flexibility index (Phi) is 3.70. The fraction of sp³-hybridized carbons (Fsp3) is 0.400. The highest BCUT2D eigenvalue weighted by Crippen LogP contribution is 2.29. The summed E-state index contributed by atoms with van der Waals surface area (Å²) in [5.74, 6) is -5.26. The third kappa shape index (κ3) is 2.81. The first-order valence-corrected chi connectivity index (χ1v) is 6.59. The highest BCUT2D eigenvalue weighted by molar-refractivity contribution is 7.91. The van der Waals surface area contributed by atoms with Crippen LogP contribution in [0, 0.1) is 0 Å². The SMILES string of the molecule is CCS(=O)(=O)c1cc(C(C)(F)F)cnc1C(=O)O. The number of nitrogens with zero attached hydrogens (tertiary/aromatic N) is 1. The summed E-state index contributed by atoms with van der Waals surface area (Å²) in [7, 11) is -3.93. The van der Waals surface area contributed by atoms with E-state index in [1.165, 1.54) is 6.92 Å². The molecule has 0 bridgehead atoms. The minimum atomic E-state index is -3.93. The van der Waals surface area contributed by atoms with Gasteiger partial charge in [-0.2, -0.15) is 0 Å². The maximum atomic E-state index is 13.1. The first-order valence-electron chi connectivity index (χ1n) is 4.94. The van der Waals surface area contributed by atoms with Crippen LogP contribution in [0.5, 0.6) is 0 Å². The van der Waals surface area contributed by atoms with Crippen LogP contribution in [0.2, 0.25) is 0 Å². The van der Waals surface area contributed by atoms with Gasteiger partial charge in [-0.1, -0.05) is 6.92 Å². The second-order valence-corrected chi connectivity index (χ2v) is 5.91. The summed E-state index contributed by atoms with van der Waals surface area (Å²) in [6.45, 7) is 1.87. The molecule has 0 aliphatic heterocycles. The Bertz CT molecular complexity index is 578. The number of carbonyl (C=O) groups is 1. The van der Waals surface area contributed by atoms with E-state index in [2.05, 4.69) is 4.98 Å². The zero-order valence-electron chi connectivity index (χ0n) is 9.65. The predicted octanol–water partition coefficient (Wildman–Crippen LogP) is 1.69.